The van der Waals surface area contributed by atoms with E-state index in [0.717, 1.165) is 0 Å². The lowest BCUT2D eigenvalue weighted by atomic mass is 9.81. The fraction of sp³-hybridized carbons (Fsp3) is 0.500. The maximum atomic E-state index is 12.7. The Hall–Kier alpha value is -1.32. The summed E-state index contributed by atoms with van der Waals surface area (Å²) < 4.78 is 35.7. The van der Waals surface area contributed by atoms with E-state index in [0.29, 0.717) is 23.7 Å². The second-order valence-corrected chi connectivity index (χ2v) is 5.05. The van der Waals surface area contributed by atoms with Crippen molar-refractivity contribution in [3.63, 3.8) is 0 Å². The molecule has 0 heterocycles. The number of halogens is 3. The molecule has 124 valence electrons. The first-order valence-electron chi connectivity index (χ1n) is 6.60. The number of methoxy groups -OCH3 is 2. The summed E-state index contributed by atoms with van der Waals surface area (Å²) in [4.78, 5) is 4.08. The van der Waals surface area contributed by atoms with Crippen LogP contribution in [-0.4, -0.2) is 32.6 Å². The summed E-state index contributed by atoms with van der Waals surface area (Å²) in [6.45, 7) is 0.307. The third kappa shape index (κ3) is 4.85. The van der Waals surface area contributed by atoms with Crippen molar-refractivity contribution in [1.29, 1.82) is 0 Å². The molecule has 5 nitrogen and oxygen atoms in total. The van der Waals surface area contributed by atoms with Crippen LogP contribution in [0.3, 0.4) is 0 Å². The summed E-state index contributed by atoms with van der Waals surface area (Å²) in [5.41, 5.74) is 6.43. The number of nitrogens with two attached hydrogens (primary N) is 1. The molecule has 1 aliphatic rings. The highest BCUT2D eigenvalue weighted by Crippen LogP contribution is 2.42. The summed E-state index contributed by atoms with van der Waals surface area (Å²) in [5.74, 6) is -1.25. The number of hydrogen-bond donors (Lipinski definition) is 2. The van der Waals surface area contributed by atoms with Gasteiger partial charge in [-0.2, -0.15) is 0 Å². The minimum atomic E-state index is -2.52. The van der Waals surface area contributed by atoms with Crippen LogP contribution in [0.25, 0.3) is 0 Å². The number of alkyl halides is 2. The maximum Gasteiger partial charge on any atom is 0.248 e. The van der Waals surface area contributed by atoms with E-state index in [1.165, 1.54) is 7.11 Å². The molecule has 0 aliphatic heterocycles. The van der Waals surface area contributed by atoms with Gasteiger partial charge in [0.25, 0.3) is 0 Å². The zero-order valence-electron chi connectivity index (χ0n) is 12.4. The lowest BCUT2D eigenvalue weighted by Gasteiger charge is -2.33. The molecule has 8 heteroatoms. The van der Waals surface area contributed by atoms with Crippen molar-refractivity contribution in [2.24, 2.45) is 16.6 Å². The smallest absolute Gasteiger partial charge is 0.248 e. The molecule has 1 aromatic rings. The second-order valence-electron chi connectivity index (χ2n) is 5.05. The van der Waals surface area contributed by atoms with E-state index in [2.05, 4.69) is 10.3 Å². The van der Waals surface area contributed by atoms with Crippen molar-refractivity contribution in [1.82, 2.24) is 0 Å². The third-order valence-electron chi connectivity index (χ3n) is 3.35. The number of nitrogens with zero attached hydrogens (tertiary/aromatic N) is 1. The molecule has 2 rings (SSSR count). The number of rotatable bonds is 5. The summed E-state index contributed by atoms with van der Waals surface area (Å²) in [5, 5.41) is 2.90. The van der Waals surface area contributed by atoms with Gasteiger partial charge in [0.05, 0.1) is 14.2 Å². The standard InChI is InChI=1S/C14H19F2N3O2.HI/c1-20-11-4-3-10(5-12(11)21-2)19-13(17)18-8-9-6-14(15,16)7-9;/h3-5,9H,6-8H2,1-2H3,(H3,17,18,19);1H. The second kappa shape index (κ2) is 7.80. The van der Waals surface area contributed by atoms with E-state index in [1.54, 1.807) is 25.3 Å². The molecule has 1 saturated carbocycles. The third-order valence-corrected chi connectivity index (χ3v) is 3.35. The number of aliphatic imine (C=N–C) groups is 1. The van der Waals surface area contributed by atoms with Gasteiger partial charge in [0, 0.05) is 31.1 Å². The molecule has 1 aromatic carbocycles. The van der Waals surface area contributed by atoms with Crippen LogP contribution in [0.1, 0.15) is 12.8 Å². The van der Waals surface area contributed by atoms with Crippen molar-refractivity contribution in [3.05, 3.63) is 18.2 Å². The Labute approximate surface area is 145 Å². The summed E-state index contributed by atoms with van der Waals surface area (Å²) in [7, 11) is 3.09. The quantitative estimate of drug-likeness (QED) is 0.431. The molecular formula is C14H20F2IN3O2. The van der Waals surface area contributed by atoms with Crippen LogP contribution in [0.4, 0.5) is 14.5 Å². The maximum absolute atomic E-state index is 12.7. The van der Waals surface area contributed by atoms with Gasteiger partial charge in [-0.1, -0.05) is 0 Å². The predicted molar refractivity (Wildman–Crippen MR) is 92.7 cm³/mol. The fourth-order valence-corrected chi connectivity index (χ4v) is 2.24. The first kappa shape index (κ1) is 18.7. The highest BCUT2D eigenvalue weighted by atomic mass is 127. The van der Waals surface area contributed by atoms with Crippen molar-refractivity contribution in [2.75, 3.05) is 26.1 Å². The average Bonchev–Trinajstić information content (AvgIpc) is 2.42. The number of anilines is 1. The van der Waals surface area contributed by atoms with Crippen LogP contribution in [0, 0.1) is 5.92 Å². The molecule has 0 amide bonds. The van der Waals surface area contributed by atoms with Gasteiger partial charge < -0.3 is 20.5 Å². The molecule has 0 unspecified atom stereocenters. The van der Waals surface area contributed by atoms with Gasteiger partial charge in [0.1, 0.15) is 0 Å². The summed E-state index contributed by atoms with van der Waals surface area (Å²) in [6.07, 6.45) is -0.222. The molecule has 0 atom stereocenters. The Morgan fingerprint density at radius 1 is 1.32 bits per heavy atom. The van der Waals surface area contributed by atoms with E-state index in [1.807, 2.05) is 0 Å². The number of ether oxygens (including phenoxy) is 2. The van der Waals surface area contributed by atoms with Crippen molar-refractivity contribution < 1.29 is 18.3 Å². The molecule has 0 spiro atoms. The topological polar surface area (TPSA) is 68.9 Å². The zero-order valence-corrected chi connectivity index (χ0v) is 14.8. The molecule has 1 aliphatic carbocycles. The molecule has 3 N–H and O–H groups in total. The first-order valence-corrected chi connectivity index (χ1v) is 6.60. The molecule has 0 bridgehead atoms. The zero-order chi connectivity index (χ0) is 15.5. The van der Waals surface area contributed by atoms with Gasteiger partial charge in [-0.15, -0.1) is 24.0 Å². The van der Waals surface area contributed by atoms with Crippen LogP contribution < -0.4 is 20.5 Å². The van der Waals surface area contributed by atoms with Crippen molar-refractivity contribution in [3.8, 4) is 11.5 Å². The predicted octanol–water partition coefficient (Wildman–Crippen LogP) is 3.09. The van der Waals surface area contributed by atoms with E-state index in [-0.39, 0.29) is 48.7 Å². The van der Waals surface area contributed by atoms with Gasteiger partial charge in [0.2, 0.25) is 5.92 Å². The Bertz CT molecular complexity index is 533. The van der Waals surface area contributed by atoms with E-state index in [9.17, 15) is 8.78 Å². The van der Waals surface area contributed by atoms with Gasteiger partial charge in [0.15, 0.2) is 17.5 Å². The molecule has 1 fully saturated rings. The Morgan fingerprint density at radius 2 is 1.95 bits per heavy atom. The normalized spacial score (nSPS) is 17.2. The van der Waals surface area contributed by atoms with Gasteiger partial charge in [-0.25, -0.2) is 8.78 Å². The average molecular weight is 427 g/mol. The van der Waals surface area contributed by atoms with Crippen molar-refractivity contribution >= 4 is 35.6 Å². The van der Waals surface area contributed by atoms with E-state index < -0.39 is 5.92 Å². The van der Waals surface area contributed by atoms with Crippen LogP contribution in [0.5, 0.6) is 11.5 Å². The number of nitrogens with one attached hydrogen (secondary N) is 1. The largest absolute Gasteiger partial charge is 0.493 e. The Morgan fingerprint density at radius 3 is 2.50 bits per heavy atom. The fourth-order valence-electron chi connectivity index (χ4n) is 2.24. The SMILES string of the molecule is COc1ccc(NC(N)=NCC2CC(F)(F)C2)cc1OC.I. The highest BCUT2D eigenvalue weighted by molar-refractivity contribution is 14.0. The van der Waals surface area contributed by atoms with E-state index >= 15 is 0 Å². The molecule has 0 aromatic heterocycles. The van der Waals surface area contributed by atoms with Gasteiger partial charge in [-0.05, 0) is 18.1 Å². The van der Waals surface area contributed by atoms with Gasteiger partial charge >= 0.3 is 0 Å². The minimum Gasteiger partial charge on any atom is -0.493 e. The molecule has 0 saturated heterocycles. The minimum absolute atomic E-state index is 0. The monoisotopic (exact) mass is 427 g/mol. The number of benzene rings is 1. The lowest BCUT2D eigenvalue weighted by molar-refractivity contribution is -0.107. The highest BCUT2D eigenvalue weighted by Gasteiger charge is 2.44. The lowest BCUT2D eigenvalue weighted by Crippen LogP contribution is -2.37. The van der Waals surface area contributed by atoms with E-state index in [4.69, 9.17) is 15.2 Å². The van der Waals surface area contributed by atoms with Crippen LogP contribution >= 0.6 is 24.0 Å². The van der Waals surface area contributed by atoms with Crippen LogP contribution in [0.15, 0.2) is 23.2 Å². The van der Waals surface area contributed by atoms with Crippen LogP contribution in [0.2, 0.25) is 0 Å². The number of hydrogen-bond acceptors (Lipinski definition) is 3. The summed E-state index contributed by atoms with van der Waals surface area (Å²) in [6, 6.07) is 5.22. The molecule has 22 heavy (non-hydrogen) atoms. The van der Waals surface area contributed by atoms with Gasteiger partial charge in [-0.3, -0.25) is 4.99 Å². The molecule has 0 radical (unpaired) electrons. The van der Waals surface area contributed by atoms with Crippen molar-refractivity contribution in [2.45, 2.75) is 18.8 Å². The van der Waals surface area contributed by atoms with Crippen LogP contribution in [-0.2, 0) is 0 Å². The Balaban J connectivity index is 0.00000242. The molecular weight excluding hydrogens is 407 g/mol. The summed E-state index contributed by atoms with van der Waals surface area (Å²) >= 11 is 0. The number of guanidine groups is 1. The first-order chi connectivity index (χ1) is 9.93. The Kier molecular flexibility index (Phi) is 6.64.